The number of benzene rings is 2. The molecule has 0 bridgehead atoms. The van der Waals surface area contributed by atoms with E-state index in [1.165, 1.54) is 12.1 Å². The van der Waals surface area contributed by atoms with E-state index in [1.807, 2.05) is 18.7 Å². The summed E-state index contributed by atoms with van der Waals surface area (Å²) in [7, 11) is 0. The minimum Gasteiger partial charge on any atom is -0.489 e. The number of carbonyl (C=O) groups excluding carboxylic acids is 2. The van der Waals surface area contributed by atoms with Crippen molar-refractivity contribution in [3.8, 4) is 5.75 Å². The molecule has 3 amide bonds. The Morgan fingerprint density at radius 3 is 2.44 bits per heavy atom. The van der Waals surface area contributed by atoms with Crippen molar-refractivity contribution in [3.63, 3.8) is 0 Å². The molecule has 2 aromatic carbocycles. The van der Waals surface area contributed by atoms with Gasteiger partial charge in [-0.2, -0.15) is 0 Å². The lowest BCUT2D eigenvalue weighted by molar-refractivity contribution is -0.136. The lowest BCUT2D eigenvalue weighted by Gasteiger charge is -2.34. The van der Waals surface area contributed by atoms with Crippen LogP contribution >= 0.6 is 0 Å². The molecular formula is C25H32FN3O3. The number of hydrogen-bond acceptors (Lipinski definition) is 3. The van der Waals surface area contributed by atoms with E-state index in [1.54, 1.807) is 36.4 Å². The fraction of sp³-hybridized carbons (Fsp3) is 0.440. The second-order valence-corrected chi connectivity index (χ2v) is 8.15. The molecule has 0 atom stereocenters. The van der Waals surface area contributed by atoms with Gasteiger partial charge in [-0.1, -0.05) is 32.0 Å². The minimum atomic E-state index is -0.283. The van der Waals surface area contributed by atoms with Crippen molar-refractivity contribution < 1.29 is 18.7 Å². The van der Waals surface area contributed by atoms with Gasteiger partial charge in [0.05, 0.1) is 0 Å². The first-order valence-corrected chi connectivity index (χ1v) is 11.3. The molecule has 0 spiro atoms. The summed E-state index contributed by atoms with van der Waals surface area (Å²) in [5.74, 6) is 0.658. The Balaban J connectivity index is 1.44. The van der Waals surface area contributed by atoms with Crippen LogP contribution in [0.4, 0.5) is 14.9 Å². The highest BCUT2D eigenvalue weighted by atomic mass is 19.1. The summed E-state index contributed by atoms with van der Waals surface area (Å²) in [5.41, 5.74) is 1.48. The first kappa shape index (κ1) is 23.6. The molecule has 3 rings (SSSR count). The molecule has 1 aliphatic heterocycles. The smallest absolute Gasteiger partial charge is 0.319 e. The average molecular weight is 442 g/mol. The Labute approximate surface area is 189 Å². The van der Waals surface area contributed by atoms with Gasteiger partial charge in [-0.3, -0.25) is 4.79 Å². The third-order valence-corrected chi connectivity index (χ3v) is 5.89. The fourth-order valence-corrected chi connectivity index (χ4v) is 3.90. The molecule has 32 heavy (non-hydrogen) atoms. The third kappa shape index (κ3) is 6.70. The molecule has 6 nitrogen and oxygen atoms in total. The van der Waals surface area contributed by atoms with Gasteiger partial charge in [-0.05, 0) is 55.5 Å². The van der Waals surface area contributed by atoms with Crippen molar-refractivity contribution in [1.82, 2.24) is 10.2 Å². The largest absolute Gasteiger partial charge is 0.489 e. The summed E-state index contributed by atoms with van der Waals surface area (Å²) in [6.07, 6.45) is 3.23. The molecule has 1 saturated heterocycles. The number of nitrogens with one attached hydrogen (secondary N) is 2. The number of likely N-dealkylation sites (tertiary alicyclic amines) is 1. The Morgan fingerprint density at radius 1 is 1.09 bits per heavy atom. The highest BCUT2D eigenvalue weighted by Gasteiger charge is 2.27. The molecule has 1 heterocycles. The van der Waals surface area contributed by atoms with E-state index in [4.69, 9.17) is 4.74 Å². The first-order chi connectivity index (χ1) is 15.5. The number of urea groups is 1. The minimum absolute atomic E-state index is 0.0404. The Morgan fingerprint density at radius 2 is 1.78 bits per heavy atom. The van der Waals surface area contributed by atoms with Crippen LogP contribution in [0.25, 0.3) is 0 Å². The lowest BCUT2D eigenvalue weighted by Crippen LogP contribution is -2.48. The molecule has 2 N–H and O–H groups in total. The summed E-state index contributed by atoms with van der Waals surface area (Å²) in [6, 6.07) is 13.1. The van der Waals surface area contributed by atoms with Crippen molar-refractivity contribution in [3.05, 3.63) is 59.9 Å². The number of ether oxygens (including phenoxy) is 1. The molecule has 1 aliphatic rings. The van der Waals surface area contributed by atoms with Gasteiger partial charge in [0.1, 0.15) is 18.2 Å². The zero-order valence-corrected chi connectivity index (χ0v) is 18.8. The van der Waals surface area contributed by atoms with Crippen molar-refractivity contribution in [2.75, 3.05) is 18.4 Å². The van der Waals surface area contributed by atoms with Crippen LogP contribution in [0.5, 0.6) is 5.75 Å². The van der Waals surface area contributed by atoms with Crippen LogP contribution in [-0.4, -0.2) is 36.0 Å². The average Bonchev–Trinajstić information content (AvgIpc) is 2.80. The van der Waals surface area contributed by atoms with E-state index >= 15 is 0 Å². The summed E-state index contributed by atoms with van der Waals surface area (Å²) in [6.45, 7) is 5.76. The summed E-state index contributed by atoms with van der Waals surface area (Å²) in [4.78, 5) is 26.9. The van der Waals surface area contributed by atoms with Gasteiger partial charge in [-0.25, -0.2) is 9.18 Å². The van der Waals surface area contributed by atoms with Gasteiger partial charge in [-0.15, -0.1) is 0 Å². The second kappa shape index (κ2) is 11.5. The summed E-state index contributed by atoms with van der Waals surface area (Å²) in [5, 5.41) is 5.85. The maximum absolute atomic E-state index is 13.0. The first-order valence-electron chi connectivity index (χ1n) is 11.3. The van der Waals surface area contributed by atoms with Crippen LogP contribution < -0.4 is 15.4 Å². The molecule has 0 unspecified atom stereocenters. The molecule has 0 aliphatic carbocycles. The second-order valence-electron chi connectivity index (χ2n) is 8.15. The standard InChI is InChI=1S/C25H32FN3O3/c1-3-19(4-2)24(30)29-14-12-21(13-15-29)27-25(31)28-22-6-5-7-23(16-22)32-17-18-8-10-20(26)11-9-18/h5-11,16,19,21H,3-4,12-15,17H2,1-2H3,(H2,27,28,31). The third-order valence-electron chi connectivity index (χ3n) is 5.89. The van der Waals surface area contributed by atoms with Crippen LogP contribution in [0.15, 0.2) is 48.5 Å². The van der Waals surface area contributed by atoms with Gasteiger partial charge in [0.25, 0.3) is 0 Å². The molecule has 2 aromatic rings. The van der Waals surface area contributed by atoms with Crippen LogP contribution in [-0.2, 0) is 11.4 Å². The van der Waals surface area contributed by atoms with Crippen molar-refractivity contribution in [1.29, 1.82) is 0 Å². The van der Waals surface area contributed by atoms with E-state index < -0.39 is 0 Å². The van der Waals surface area contributed by atoms with Crippen molar-refractivity contribution >= 4 is 17.6 Å². The van der Waals surface area contributed by atoms with Gasteiger partial charge >= 0.3 is 6.03 Å². The topological polar surface area (TPSA) is 70.7 Å². The molecule has 1 fully saturated rings. The monoisotopic (exact) mass is 441 g/mol. The molecule has 7 heteroatoms. The van der Waals surface area contributed by atoms with E-state index in [9.17, 15) is 14.0 Å². The Hall–Kier alpha value is -3.09. The number of amides is 3. The zero-order chi connectivity index (χ0) is 22.9. The summed E-state index contributed by atoms with van der Waals surface area (Å²) >= 11 is 0. The summed E-state index contributed by atoms with van der Waals surface area (Å²) < 4.78 is 18.7. The van der Waals surface area contributed by atoms with Gasteiger partial charge in [0.2, 0.25) is 5.91 Å². The van der Waals surface area contributed by atoms with Crippen molar-refractivity contribution in [2.45, 2.75) is 52.2 Å². The van der Waals surface area contributed by atoms with E-state index in [0.717, 1.165) is 31.2 Å². The van der Waals surface area contributed by atoms with E-state index in [2.05, 4.69) is 10.6 Å². The highest BCUT2D eigenvalue weighted by Crippen LogP contribution is 2.20. The van der Waals surface area contributed by atoms with Crippen LogP contribution in [0.2, 0.25) is 0 Å². The highest BCUT2D eigenvalue weighted by molar-refractivity contribution is 5.89. The lowest BCUT2D eigenvalue weighted by atomic mass is 9.98. The maximum atomic E-state index is 13.0. The number of anilines is 1. The maximum Gasteiger partial charge on any atom is 0.319 e. The molecule has 172 valence electrons. The number of hydrogen-bond donors (Lipinski definition) is 2. The molecule has 0 aromatic heterocycles. The number of piperidine rings is 1. The number of carbonyl (C=O) groups is 2. The van der Waals surface area contributed by atoms with Crippen LogP contribution in [0.3, 0.4) is 0 Å². The number of halogens is 1. The fourth-order valence-electron chi connectivity index (χ4n) is 3.90. The predicted molar refractivity (Wildman–Crippen MR) is 123 cm³/mol. The van der Waals surface area contributed by atoms with Crippen LogP contribution in [0, 0.1) is 11.7 Å². The molecular weight excluding hydrogens is 409 g/mol. The van der Waals surface area contributed by atoms with E-state index in [0.29, 0.717) is 31.1 Å². The SMILES string of the molecule is CCC(CC)C(=O)N1CCC(NC(=O)Nc2cccc(OCc3ccc(F)cc3)c2)CC1. The predicted octanol–water partition coefficient (Wildman–Crippen LogP) is 4.95. The van der Waals surface area contributed by atoms with E-state index in [-0.39, 0.29) is 29.7 Å². The molecule has 0 saturated carbocycles. The van der Waals surface area contributed by atoms with Gasteiger partial charge in [0.15, 0.2) is 0 Å². The normalized spacial score (nSPS) is 14.3. The van der Waals surface area contributed by atoms with Crippen molar-refractivity contribution in [2.24, 2.45) is 5.92 Å². The van der Waals surface area contributed by atoms with Gasteiger partial charge < -0.3 is 20.3 Å². The Bertz CT molecular complexity index is 892. The number of nitrogens with zero attached hydrogens (tertiary/aromatic N) is 1. The number of rotatable bonds is 8. The van der Waals surface area contributed by atoms with Crippen LogP contribution in [0.1, 0.15) is 45.1 Å². The zero-order valence-electron chi connectivity index (χ0n) is 18.8. The quantitative estimate of drug-likeness (QED) is 0.609. The Kier molecular flexibility index (Phi) is 8.48. The molecule has 0 radical (unpaired) electrons. The van der Waals surface area contributed by atoms with Gasteiger partial charge in [0, 0.05) is 36.8 Å².